The molecule has 0 radical (unpaired) electrons. The molecule has 0 aliphatic rings. The maximum Gasteiger partial charge on any atom is 0.0645 e. The average molecular weight is 172 g/mol. The van der Waals surface area contributed by atoms with Crippen molar-refractivity contribution in [3.05, 3.63) is 54.0 Å². The normalized spacial score (nSPS) is 10.2. The van der Waals surface area contributed by atoms with Gasteiger partial charge in [-0.05, 0) is 18.2 Å². The summed E-state index contributed by atoms with van der Waals surface area (Å²) in [4.78, 5) is 0. The van der Waals surface area contributed by atoms with Crippen LogP contribution in [0.2, 0.25) is 0 Å². The summed E-state index contributed by atoms with van der Waals surface area (Å²) in [5.41, 5.74) is 9.22. The minimum absolute atomic E-state index is 0.333. The molecule has 1 heterocycles. The van der Waals surface area contributed by atoms with Crippen LogP contribution in [-0.2, 0) is 6.54 Å². The molecule has 0 aliphatic heterocycles. The molecule has 0 atom stereocenters. The maximum atomic E-state index is 7.17. The second-order valence-corrected chi connectivity index (χ2v) is 2.79. The molecule has 3 nitrogen and oxygen atoms in total. The Morgan fingerprint density at radius 3 is 2.54 bits per heavy atom. The van der Waals surface area contributed by atoms with Gasteiger partial charge in [0.25, 0.3) is 0 Å². The van der Waals surface area contributed by atoms with Crippen molar-refractivity contribution >= 4 is 0 Å². The molecule has 3 heteroatoms. The number of rotatable bonds is 2. The van der Waals surface area contributed by atoms with E-state index < -0.39 is 0 Å². The summed E-state index contributed by atoms with van der Waals surface area (Å²) in [5.74, 6) is 0. The van der Waals surface area contributed by atoms with Crippen LogP contribution in [0.3, 0.4) is 0 Å². The summed E-state index contributed by atoms with van der Waals surface area (Å²) in [5, 5.41) is 4.11. The first kappa shape index (κ1) is 8.01. The van der Waals surface area contributed by atoms with E-state index in [9.17, 15) is 0 Å². The summed E-state index contributed by atoms with van der Waals surface area (Å²) >= 11 is 0. The van der Waals surface area contributed by atoms with Crippen molar-refractivity contribution in [1.29, 1.82) is 0 Å². The lowest BCUT2D eigenvalue weighted by Gasteiger charge is -2.04. The second kappa shape index (κ2) is 3.41. The molecule has 0 aliphatic carbocycles. The molecular weight excluding hydrogens is 162 g/mol. The van der Waals surface area contributed by atoms with Gasteiger partial charge in [0.15, 0.2) is 0 Å². The van der Waals surface area contributed by atoms with E-state index in [2.05, 4.69) is 5.10 Å². The zero-order chi connectivity index (χ0) is 9.10. The van der Waals surface area contributed by atoms with Crippen molar-refractivity contribution in [1.82, 2.24) is 9.78 Å². The fraction of sp³-hybridized carbons (Fsp3) is 0.100. The van der Waals surface area contributed by atoms with Gasteiger partial charge in [-0.1, -0.05) is 17.7 Å². The summed E-state index contributed by atoms with van der Waals surface area (Å²) in [7, 11) is 0. The first-order chi connectivity index (χ1) is 6.40. The van der Waals surface area contributed by atoms with Crippen LogP contribution in [0, 0.1) is 0 Å². The van der Waals surface area contributed by atoms with Gasteiger partial charge >= 0.3 is 0 Å². The Hall–Kier alpha value is -1.61. The van der Waals surface area contributed by atoms with E-state index in [0.29, 0.717) is 6.54 Å². The van der Waals surface area contributed by atoms with Crippen molar-refractivity contribution in [2.75, 3.05) is 0 Å². The predicted octanol–water partition coefficient (Wildman–Crippen LogP) is 2.42. The third kappa shape index (κ3) is 1.60. The number of aromatic nitrogens is 2. The van der Waals surface area contributed by atoms with Crippen LogP contribution in [0.5, 0.6) is 0 Å². The molecule has 1 aromatic carbocycles. The minimum atomic E-state index is 0.333. The first-order valence-corrected chi connectivity index (χ1v) is 4.14. The highest BCUT2D eigenvalue weighted by molar-refractivity contribution is 5.33. The van der Waals surface area contributed by atoms with Crippen LogP contribution in [0.1, 0.15) is 5.56 Å². The Morgan fingerprint density at radius 1 is 1.23 bits per heavy atom. The van der Waals surface area contributed by atoms with E-state index in [-0.39, 0.29) is 0 Å². The van der Waals surface area contributed by atoms with Gasteiger partial charge in [0.05, 0.1) is 5.69 Å². The third-order valence-electron chi connectivity index (χ3n) is 1.91. The molecule has 0 fully saturated rings. The van der Waals surface area contributed by atoms with E-state index in [1.54, 1.807) is 10.9 Å². The topological polar surface area (TPSA) is 41.6 Å². The standard InChI is InChI=1S/C10H10N3/c11-8-9-2-4-10(5-3-9)13-7-1-6-12-13/h1-7,11H,8H2/q-1. The van der Waals surface area contributed by atoms with Crippen molar-refractivity contribution < 1.29 is 0 Å². The van der Waals surface area contributed by atoms with Gasteiger partial charge in [-0.2, -0.15) is 5.10 Å². The summed E-state index contributed by atoms with van der Waals surface area (Å²) in [6.07, 6.45) is 3.65. The van der Waals surface area contributed by atoms with Crippen LogP contribution in [0.4, 0.5) is 0 Å². The molecule has 13 heavy (non-hydrogen) atoms. The summed E-state index contributed by atoms with van der Waals surface area (Å²) in [6.45, 7) is 0.333. The minimum Gasteiger partial charge on any atom is -0.674 e. The Balaban J connectivity index is 2.33. The highest BCUT2D eigenvalue weighted by Gasteiger charge is 1.93. The van der Waals surface area contributed by atoms with Crippen molar-refractivity contribution in [3.63, 3.8) is 0 Å². The zero-order valence-electron chi connectivity index (χ0n) is 7.14. The van der Waals surface area contributed by atoms with Crippen molar-refractivity contribution in [2.24, 2.45) is 0 Å². The molecule has 2 rings (SSSR count). The molecule has 0 spiro atoms. The highest BCUT2D eigenvalue weighted by atomic mass is 15.3. The van der Waals surface area contributed by atoms with Gasteiger partial charge in [0.1, 0.15) is 0 Å². The van der Waals surface area contributed by atoms with Crippen LogP contribution < -0.4 is 0 Å². The van der Waals surface area contributed by atoms with E-state index in [1.165, 1.54) is 0 Å². The molecule has 2 aromatic rings. The van der Waals surface area contributed by atoms with Gasteiger partial charge in [0.2, 0.25) is 0 Å². The van der Waals surface area contributed by atoms with Crippen LogP contribution in [0.25, 0.3) is 11.4 Å². The predicted molar refractivity (Wildman–Crippen MR) is 51.6 cm³/mol. The second-order valence-electron chi connectivity index (χ2n) is 2.79. The van der Waals surface area contributed by atoms with Gasteiger partial charge in [-0.15, -0.1) is 6.54 Å². The van der Waals surface area contributed by atoms with E-state index >= 15 is 0 Å². The molecule has 0 bridgehead atoms. The number of hydrogen-bond acceptors (Lipinski definition) is 1. The number of nitrogens with one attached hydrogen (secondary N) is 1. The molecule has 0 saturated heterocycles. The third-order valence-corrected chi connectivity index (χ3v) is 1.91. The van der Waals surface area contributed by atoms with Gasteiger partial charge < -0.3 is 5.73 Å². The molecule has 0 saturated carbocycles. The largest absolute Gasteiger partial charge is 0.674 e. The Kier molecular flexibility index (Phi) is 2.10. The molecule has 0 amide bonds. The fourth-order valence-electron chi connectivity index (χ4n) is 1.19. The first-order valence-electron chi connectivity index (χ1n) is 4.14. The number of benzene rings is 1. The fourth-order valence-corrected chi connectivity index (χ4v) is 1.19. The maximum absolute atomic E-state index is 7.17. The van der Waals surface area contributed by atoms with Crippen molar-refractivity contribution in [3.8, 4) is 5.69 Å². The number of hydrogen-bond donors (Lipinski definition) is 0. The summed E-state index contributed by atoms with van der Waals surface area (Å²) < 4.78 is 1.80. The Labute approximate surface area is 76.8 Å². The Bertz CT molecular complexity index is 362. The average Bonchev–Trinajstić information content (AvgIpc) is 2.71. The van der Waals surface area contributed by atoms with Crippen LogP contribution in [-0.4, -0.2) is 9.78 Å². The Morgan fingerprint density at radius 2 is 2.00 bits per heavy atom. The SMILES string of the molecule is [NH-]Cc1ccc(-n2cccn2)cc1. The van der Waals surface area contributed by atoms with Crippen LogP contribution in [0.15, 0.2) is 42.7 Å². The van der Waals surface area contributed by atoms with E-state index in [4.69, 9.17) is 5.73 Å². The molecule has 66 valence electrons. The van der Waals surface area contributed by atoms with Gasteiger partial charge in [0, 0.05) is 12.4 Å². The van der Waals surface area contributed by atoms with Crippen molar-refractivity contribution in [2.45, 2.75) is 6.54 Å². The molecular formula is C10H10N3-. The lowest BCUT2D eigenvalue weighted by Crippen LogP contribution is -1.93. The lowest BCUT2D eigenvalue weighted by molar-refractivity contribution is 0.879. The monoisotopic (exact) mass is 172 g/mol. The quantitative estimate of drug-likeness (QED) is 0.685. The van der Waals surface area contributed by atoms with Gasteiger partial charge in [-0.3, -0.25) is 0 Å². The highest BCUT2D eigenvalue weighted by Crippen LogP contribution is 2.08. The molecule has 0 unspecified atom stereocenters. The van der Waals surface area contributed by atoms with Crippen LogP contribution >= 0.6 is 0 Å². The lowest BCUT2D eigenvalue weighted by atomic mass is 10.2. The smallest absolute Gasteiger partial charge is 0.0645 e. The number of nitrogens with zero attached hydrogens (tertiary/aromatic N) is 2. The molecule has 1 N–H and O–H groups in total. The zero-order valence-corrected chi connectivity index (χ0v) is 7.14. The van der Waals surface area contributed by atoms with E-state index in [0.717, 1.165) is 11.3 Å². The summed E-state index contributed by atoms with van der Waals surface area (Å²) in [6, 6.07) is 9.72. The van der Waals surface area contributed by atoms with Gasteiger partial charge in [-0.25, -0.2) is 4.68 Å². The van der Waals surface area contributed by atoms with E-state index in [1.807, 2.05) is 36.5 Å². The molecule has 1 aromatic heterocycles.